The van der Waals surface area contributed by atoms with Crippen LogP contribution in [0.3, 0.4) is 0 Å². The molecule has 1 fully saturated rings. The summed E-state index contributed by atoms with van der Waals surface area (Å²) in [6, 6.07) is 6.43. The number of ether oxygens (including phenoxy) is 1. The van der Waals surface area contributed by atoms with E-state index in [0.717, 1.165) is 24.9 Å². The molecule has 0 spiro atoms. The van der Waals surface area contributed by atoms with Crippen LogP contribution in [0, 0.1) is 0 Å². The van der Waals surface area contributed by atoms with Crippen molar-refractivity contribution in [1.29, 1.82) is 0 Å². The van der Waals surface area contributed by atoms with Crippen LogP contribution >= 0.6 is 0 Å². The number of rotatable bonds is 4. The monoisotopic (exact) mass is 257 g/mol. The molecule has 0 aliphatic carbocycles. The molecule has 0 amide bonds. The van der Waals surface area contributed by atoms with Crippen molar-refractivity contribution in [2.45, 2.75) is 31.5 Å². The molecule has 2 rings (SSSR count). The van der Waals surface area contributed by atoms with Gasteiger partial charge in [0.25, 0.3) is 0 Å². The van der Waals surface area contributed by atoms with Crippen molar-refractivity contribution >= 4 is 0 Å². The van der Waals surface area contributed by atoms with Gasteiger partial charge in [-0.2, -0.15) is 8.78 Å². The Bertz CT molecular complexity index is 375. The fourth-order valence-corrected chi connectivity index (χ4v) is 2.27. The maximum absolute atomic E-state index is 12.0. The molecule has 0 aromatic heterocycles. The van der Waals surface area contributed by atoms with Gasteiger partial charge in [-0.1, -0.05) is 12.1 Å². The van der Waals surface area contributed by atoms with Crippen molar-refractivity contribution in [2.24, 2.45) is 0 Å². The van der Waals surface area contributed by atoms with E-state index in [2.05, 4.69) is 10.1 Å². The van der Waals surface area contributed by atoms with Crippen molar-refractivity contribution < 1.29 is 18.6 Å². The number of piperidine rings is 1. The minimum Gasteiger partial charge on any atom is -0.435 e. The highest BCUT2D eigenvalue weighted by atomic mass is 19.3. The van der Waals surface area contributed by atoms with Crippen molar-refractivity contribution in [2.75, 3.05) is 13.1 Å². The molecule has 1 saturated heterocycles. The molecular formula is C13H17F2NO2. The third kappa shape index (κ3) is 3.65. The summed E-state index contributed by atoms with van der Waals surface area (Å²) in [6.45, 7) is -1.30. The van der Waals surface area contributed by atoms with Gasteiger partial charge in [0.1, 0.15) is 5.75 Å². The molecule has 1 aliphatic heterocycles. The van der Waals surface area contributed by atoms with Crippen LogP contribution in [-0.2, 0) is 6.42 Å². The van der Waals surface area contributed by atoms with E-state index < -0.39 is 12.2 Å². The van der Waals surface area contributed by atoms with Crippen LogP contribution in [-0.4, -0.2) is 30.4 Å². The van der Waals surface area contributed by atoms with Gasteiger partial charge in [0.05, 0.1) is 5.60 Å². The molecule has 1 aromatic carbocycles. The molecule has 5 heteroatoms. The second kappa shape index (κ2) is 5.63. The van der Waals surface area contributed by atoms with Gasteiger partial charge in [-0.3, -0.25) is 0 Å². The molecule has 1 unspecified atom stereocenters. The van der Waals surface area contributed by atoms with Crippen LogP contribution < -0.4 is 10.1 Å². The third-order valence-corrected chi connectivity index (χ3v) is 3.13. The predicted molar refractivity (Wildman–Crippen MR) is 63.8 cm³/mol. The van der Waals surface area contributed by atoms with E-state index >= 15 is 0 Å². The summed E-state index contributed by atoms with van der Waals surface area (Å²) < 4.78 is 28.2. The van der Waals surface area contributed by atoms with Gasteiger partial charge in [0.15, 0.2) is 0 Å². The third-order valence-electron chi connectivity index (χ3n) is 3.13. The molecular weight excluding hydrogens is 240 g/mol. The van der Waals surface area contributed by atoms with Crippen LogP contribution in [0.4, 0.5) is 8.78 Å². The van der Waals surface area contributed by atoms with E-state index in [1.54, 1.807) is 12.1 Å². The molecule has 100 valence electrons. The highest BCUT2D eigenvalue weighted by molar-refractivity contribution is 5.28. The Hall–Kier alpha value is -1.20. The molecule has 3 nitrogen and oxygen atoms in total. The number of alkyl halides is 2. The first-order valence-electron chi connectivity index (χ1n) is 6.04. The van der Waals surface area contributed by atoms with Crippen molar-refractivity contribution in [3.63, 3.8) is 0 Å². The quantitative estimate of drug-likeness (QED) is 0.866. The van der Waals surface area contributed by atoms with Gasteiger partial charge < -0.3 is 15.2 Å². The second-order valence-corrected chi connectivity index (χ2v) is 4.70. The van der Waals surface area contributed by atoms with Crippen LogP contribution in [0.25, 0.3) is 0 Å². The van der Waals surface area contributed by atoms with Crippen molar-refractivity contribution in [1.82, 2.24) is 5.32 Å². The Morgan fingerprint density at radius 1 is 1.33 bits per heavy atom. The topological polar surface area (TPSA) is 41.5 Å². The molecule has 2 N–H and O–H groups in total. The standard InChI is InChI=1S/C13H17F2NO2/c14-12(15)18-11-4-2-10(3-5-11)8-13(17)6-1-7-16-9-13/h2-5,12,16-17H,1,6-9H2. The summed E-state index contributed by atoms with van der Waals surface area (Å²) in [6.07, 6.45) is 2.23. The van der Waals surface area contributed by atoms with Gasteiger partial charge >= 0.3 is 6.61 Å². The van der Waals surface area contributed by atoms with E-state index in [1.807, 2.05) is 0 Å². The maximum atomic E-state index is 12.0. The molecule has 18 heavy (non-hydrogen) atoms. The zero-order valence-electron chi connectivity index (χ0n) is 10.0. The highest BCUT2D eigenvalue weighted by Gasteiger charge is 2.29. The normalized spacial score (nSPS) is 24.2. The van der Waals surface area contributed by atoms with Gasteiger partial charge in [0, 0.05) is 13.0 Å². The Balaban J connectivity index is 1.97. The summed E-state index contributed by atoms with van der Waals surface area (Å²) in [7, 11) is 0. The zero-order chi connectivity index (χ0) is 13.0. The Kier molecular flexibility index (Phi) is 4.14. The maximum Gasteiger partial charge on any atom is 0.387 e. The minimum absolute atomic E-state index is 0.141. The molecule has 0 bridgehead atoms. The average Bonchev–Trinajstić information content (AvgIpc) is 2.31. The first-order valence-corrected chi connectivity index (χ1v) is 6.04. The van der Waals surface area contributed by atoms with Gasteiger partial charge in [-0.05, 0) is 37.1 Å². The zero-order valence-corrected chi connectivity index (χ0v) is 10.0. The Labute approximate surface area is 105 Å². The summed E-state index contributed by atoms with van der Waals surface area (Å²) >= 11 is 0. The molecule has 0 saturated carbocycles. The van der Waals surface area contributed by atoms with E-state index in [0.29, 0.717) is 13.0 Å². The van der Waals surface area contributed by atoms with E-state index in [-0.39, 0.29) is 5.75 Å². The summed E-state index contributed by atoms with van der Waals surface area (Å²) in [5.74, 6) is 0.141. The Morgan fingerprint density at radius 3 is 2.61 bits per heavy atom. The van der Waals surface area contributed by atoms with E-state index in [1.165, 1.54) is 12.1 Å². The average molecular weight is 257 g/mol. The lowest BCUT2D eigenvalue weighted by Gasteiger charge is -2.32. The van der Waals surface area contributed by atoms with Crippen LogP contribution in [0.1, 0.15) is 18.4 Å². The number of aliphatic hydroxyl groups is 1. The van der Waals surface area contributed by atoms with Crippen LogP contribution in [0.2, 0.25) is 0 Å². The fourth-order valence-electron chi connectivity index (χ4n) is 2.27. The number of hydrogen-bond donors (Lipinski definition) is 2. The van der Waals surface area contributed by atoms with Gasteiger partial charge in [-0.15, -0.1) is 0 Å². The largest absolute Gasteiger partial charge is 0.435 e. The molecule has 1 atom stereocenters. The predicted octanol–water partition coefficient (Wildman–Crippen LogP) is 1.94. The van der Waals surface area contributed by atoms with Crippen LogP contribution in [0.15, 0.2) is 24.3 Å². The summed E-state index contributed by atoms with van der Waals surface area (Å²) in [5.41, 5.74) is 0.186. The highest BCUT2D eigenvalue weighted by Crippen LogP contribution is 2.23. The van der Waals surface area contributed by atoms with Gasteiger partial charge in [-0.25, -0.2) is 0 Å². The molecule has 1 heterocycles. The van der Waals surface area contributed by atoms with E-state index in [9.17, 15) is 13.9 Å². The van der Waals surface area contributed by atoms with Crippen molar-refractivity contribution in [3.8, 4) is 5.75 Å². The lowest BCUT2D eigenvalue weighted by atomic mass is 9.87. The van der Waals surface area contributed by atoms with E-state index in [4.69, 9.17) is 0 Å². The lowest BCUT2D eigenvalue weighted by Crippen LogP contribution is -2.47. The minimum atomic E-state index is -2.80. The SMILES string of the molecule is OC1(Cc2ccc(OC(F)F)cc2)CCCNC1. The first kappa shape index (κ1) is 13.2. The first-order chi connectivity index (χ1) is 8.57. The number of hydrogen-bond acceptors (Lipinski definition) is 3. The number of benzene rings is 1. The number of halogens is 2. The molecule has 0 radical (unpaired) electrons. The second-order valence-electron chi connectivity index (χ2n) is 4.70. The van der Waals surface area contributed by atoms with Crippen molar-refractivity contribution in [3.05, 3.63) is 29.8 Å². The van der Waals surface area contributed by atoms with Gasteiger partial charge in [0.2, 0.25) is 0 Å². The number of nitrogens with one attached hydrogen (secondary N) is 1. The molecule has 1 aliphatic rings. The lowest BCUT2D eigenvalue weighted by molar-refractivity contribution is -0.0498. The molecule has 1 aromatic rings. The fraction of sp³-hybridized carbons (Fsp3) is 0.538. The Morgan fingerprint density at radius 2 is 2.06 bits per heavy atom. The summed E-state index contributed by atoms with van der Waals surface area (Å²) in [4.78, 5) is 0. The van der Waals surface area contributed by atoms with Crippen LogP contribution in [0.5, 0.6) is 5.75 Å². The summed E-state index contributed by atoms with van der Waals surface area (Å²) in [5, 5.41) is 13.5. The smallest absolute Gasteiger partial charge is 0.387 e. The number of β-amino-alcohol motifs (C(OH)–C–C–N with tert-alkyl or cyclic N) is 1.